The van der Waals surface area contributed by atoms with Gasteiger partial charge in [-0.05, 0) is 19.3 Å². The Labute approximate surface area is 119 Å². The van der Waals surface area contributed by atoms with Crippen LogP contribution in [0.5, 0.6) is 0 Å². The molecule has 116 valence electrons. The van der Waals surface area contributed by atoms with E-state index in [1.807, 2.05) is 0 Å². The van der Waals surface area contributed by atoms with Crippen molar-refractivity contribution in [3.8, 4) is 0 Å². The van der Waals surface area contributed by atoms with Crippen molar-refractivity contribution in [1.82, 2.24) is 0 Å². The first-order valence-corrected chi connectivity index (χ1v) is 6.76. The van der Waals surface area contributed by atoms with Crippen molar-refractivity contribution in [2.75, 3.05) is 0 Å². The second-order valence-corrected chi connectivity index (χ2v) is 6.18. The first-order valence-electron chi connectivity index (χ1n) is 6.76. The molecule has 2 aliphatic carbocycles. The van der Waals surface area contributed by atoms with Crippen LogP contribution in [0.15, 0.2) is 12.2 Å². The van der Waals surface area contributed by atoms with Crippen LogP contribution in [0.1, 0.15) is 20.3 Å². The Hall–Kier alpha value is -1.53. The van der Waals surface area contributed by atoms with Gasteiger partial charge in [0.15, 0.2) is 5.41 Å². The summed E-state index contributed by atoms with van der Waals surface area (Å²) in [4.78, 5) is 23.6. The minimum Gasteiger partial charge on any atom is -0.457 e. The molecule has 2 bridgehead atoms. The smallest absolute Gasteiger partial charge is 0.405 e. The lowest BCUT2D eigenvalue weighted by atomic mass is 9.66. The Morgan fingerprint density at radius 2 is 2.10 bits per heavy atom. The highest BCUT2D eigenvalue weighted by Gasteiger charge is 2.83. The highest BCUT2D eigenvalue weighted by Crippen LogP contribution is 2.70. The highest BCUT2D eigenvalue weighted by atomic mass is 19.4. The van der Waals surface area contributed by atoms with Crippen LogP contribution in [-0.2, 0) is 19.1 Å². The Balaban J connectivity index is 1.96. The zero-order valence-corrected chi connectivity index (χ0v) is 11.6. The first kappa shape index (κ1) is 14.4. The lowest BCUT2D eigenvalue weighted by molar-refractivity contribution is -0.244. The second kappa shape index (κ2) is 4.01. The minimum absolute atomic E-state index is 0.164. The molecule has 0 aromatic rings. The molecule has 6 atom stereocenters. The summed E-state index contributed by atoms with van der Waals surface area (Å²) < 4.78 is 50.7. The van der Waals surface area contributed by atoms with E-state index in [1.165, 1.54) is 13.8 Å². The molecule has 1 aliphatic heterocycles. The molecule has 2 saturated carbocycles. The van der Waals surface area contributed by atoms with Crippen molar-refractivity contribution in [2.45, 2.75) is 38.7 Å². The van der Waals surface area contributed by atoms with Crippen molar-refractivity contribution < 1.29 is 32.2 Å². The summed E-state index contributed by atoms with van der Waals surface area (Å²) in [7, 11) is 0. The molecular formula is C14H15F3O4. The molecular weight excluding hydrogens is 289 g/mol. The molecule has 0 amide bonds. The zero-order chi connectivity index (χ0) is 15.7. The molecule has 1 saturated heterocycles. The van der Waals surface area contributed by atoms with Gasteiger partial charge in [0, 0.05) is 17.4 Å². The molecule has 4 nitrogen and oxygen atoms in total. The molecule has 3 rings (SSSR count). The largest absolute Gasteiger partial charge is 0.457 e. The number of carbonyl (C=O) groups is 2. The third-order valence-corrected chi connectivity index (χ3v) is 5.26. The van der Waals surface area contributed by atoms with Gasteiger partial charge in [-0.25, -0.2) is 4.79 Å². The molecule has 3 fully saturated rings. The second-order valence-electron chi connectivity index (χ2n) is 6.18. The Morgan fingerprint density at radius 1 is 1.48 bits per heavy atom. The minimum atomic E-state index is -4.65. The fourth-order valence-corrected chi connectivity index (χ4v) is 4.31. The number of hydrogen-bond donors (Lipinski definition) is 0. The molecule has 0 aromatic carbocycles. The summed E-state index contributed by atoms with van der Waals surface area (Å²) in [6.07, 6.45) is -6.27. The van der Waals surface area contributed by atoms with Gasteiger partial charge in [-0.3, -0.25) is 4.79 Å². The standard InChI is InChI=1S/C14H15F3O4/c1-5(2)11(18)20-9-7-4-8-10(9)21-12(19)13(8,6(7)3)14(15,16)17/h6-10H,1,4H2,2-3H3. The van der Waals surface area contributed by atoms with Crippen LogP contribution in [-0.4, -0.2) is 30.3 Å². The van der Waals surface area contributed by atoms with Crippen LogP contribution in [0.25, 0.3) is 0 Å². The Morgan fingerprint density at radius 3 is 2.62 bits per heavy atom. The summed E-state index contributed by atoms with van der Waals surface area (Å²) in [6, 6.07) is 0. The van der Waals surface area contributed by atoms with Gasteiger partial charge in [-0.15, -0.1) is 0 Å². The van der Waals surface area contributed by atoms with Gasteiger partial charge in [0.05, 0.1) is 0 Å². The topological polar surface area (TPSA) is 52.6 Å². The number of hydrogen-bond acceptors (Lipinski definition) is 4. The van der Waals surface area contributed by atoms with Gasteiger partial charge in [0.1, 0.15) is 12.2 Å². The SMILES string of the molecule is C=C(C)C(=O)OC1C2CC3C1OC(=O)C3(C(F)(F)F)C2C. The predicted octanol–water partition coefficient (Wildman–Crippen LogP) is 2.23. The predicted molar refractivity (Wildman–Crippen MR) is 63.8 cm³/mol. The average molecular weight is 304 g/mol. The van der Waals surface area contributed by atoms with Gasteiger partial charge >= 0.3 is 18.1 Å². The molecule has 0 radical (unpaired) electrons. The van der Waals surface area contributed by atoms with Crippen LogP contribution in [0.2, 0.25) is 0 Å². The van der Waals surface area contributed by atoms with Crippen LogP contribution in [0.4, 0.5) is 13.2 Å². The number of rotatable bonds is 2. The molecule has 0 spiro atoms. The van der Waals surface area contributed by atoms with Gasteiger partial charge < -0.3 is 9.47 Å². The van der Waals surface area contributed by atoms with E-state index in [9.17, 15) is 22.8 Å². The third-order valence-electron chi connectivity index (χ3n) is 5.26. The first-order chi connectivity index (χ1) is 9.62. The summed E-state index contributed by atoms with van der Waals surface area (Å²) in [5.74, 6) is -4.34. The van der Waals surface area contributed by atoms with E-state index in [2.05, 4.69) is 6.58 Å². The van der Waals surface area contributed by atoms with Crippen LogP contribution in [0.3, 0.4) is 0 Å². The summed E-state index contributed by atoms with van der Waals surface area (Å²) in [5.41, 5.74) is -2.27. The van der Waals surface area contributed by atoms with Crippen molar-refractivity contribution in [3.05, 3.63) is 12.2 Å². The fraction of sp³-hybridized carbons (Fsp3) is 0.714. The molecule has 21 heavy (non-hydrogen) atoms. The fourth-order valence-electron chi connectivity index (χ4n) is 4.31. The lowest BCUT2D eigenvalue weighted by Crippen LogP contribution is -2.53. The van der Waals surface area contributed by atoms with Crippen molar-refractivity contribution in [3.63, 3.8) is 0 Å². The highest BCUT2D eigenvalue weighted by molar-refractivity contribution is 5.87. The summed E-state index contributed by atoms with van der Waals surface area (Å²) >= 11 is 0. The monoisotopic (exact) mass is 304 g/mol. The van der Waals surface area contributed by atoms with Gasteiger partial charge in [-0.2, -0.15) is 13.2 Å². The van der Waals surface area contributed by atoms with Crippen LogP contribution in [0, 0.1) is 23.2 Å². The average Bonchev–Trinajstić information content (AvgIpc) is 2.90. The van der Waals surface area contributed by atoms with Crippen LogP contribution < -0.4 is 0 Å². The van der Waals surface area contributed by atoms with E-state index in [0.717, 1.165) is 0 Å². The van der Waals surface area contributed by atoms with Crippen LogP contribution >= 0.6 is 0 Å². The number of alkyl halides is 3. The number of fused-ring (bicyclic) bond motifs is 1. The number of ether oxygens (including phenoxy) is 2. The van der Waals surface area contributed by atoms with Crippen molar-refractivity contribution >= 4 is 11.9 Å². The number of halogens is 3. The van der Waals surface area contributed by atoms with Crippen molar-refractivity contribution in [1.29, 1.82) is 0 Å². The van der Waals surface area contributed by atoms with Gasteiger partial charge in [-0.1, -0.05) is 13.5 Å². The quantitative estimate of drug-likeness (QED) is 0.580. The molecule has 7 heteroatoms. The van der Waals surface area contributed by atoms with E-state index in [1.54, 1.807) is 0 Å². The van der Waals surface area contributed by atoms with Gasteiger partial charge in [0.2, 0.25) is 0 Å². The third kappa shape index (κ3) is 1.52. The van der Waals surface area contributed by atoms with E-state index in [-0.39, 0.29) is 12.0 Å². The van der Waals surface area contributed by atoms with E-state index in [0.29, 0.717) is 0 Å². The maximum absolute atomic E-state index is 13.5. The lowest BCUT2D eigenvalue weighted by Gasteiger charge is -2.38. The summed E-state index contributed by atoms with van der Waals surface area (Å²) in [6.45, 7) is 6.29. The number of esters is 2. The maximum Gasteiger partial charge on any atom is 0.405 e. The normalized spacial score (nSPS) is 43.9. The molecule has 6 unspecified atom stereocenters. The Bertz CT molecular complexity index is 541. The van der Waals surface area contributed by atoms with Crippen molar-refractivity contribution in [2.24, 2.45) is 23.2 Å². The molecule has 1 heterocycles. The maximum atomic E-state index is 13.5. The molecule has 0 aromatic heterocycles. The summed E-state index contributed by atoms with van der Waals surface area (Å²) in [5, 5.41) is 0. The van der Waals surface area contributed by atoms with E-state index in [4.69, 9.17) is 9.47 Å². The van der Waals surface area contributed by atoms with Gasteiger partial charge in [0.25, 0.3) is 0 Å². The Kier molecular flexibility index (Phi) is 2.75. The zero-order valence-electron chi connectivity index (χ0n) is 11.6. The van der Waals surface area contributed by atoms with E-state index >= 15 is 0 Å². The molecule has 3 aliphatic rings. The molecule has 0 N–H and O–H groups in total. The number of carbonyl (C=O) groups excluding carboxylic acids is 2. The van der Waals surface area contributed by atoms with E-state index < -0.39 is 53.5 Å².